The molecule has 0 bridgehead atoms. The van der Waals surface area contributed by atoms with Gasteiger partial charge >= 0.3 is 6.03 Å². The molecule has 1 saturated heterocycles. The van der Waals surface area contributed by atoms with Crippen molar-refractivity contribution in [3.8, 4) is 0 Å². The molecule has 1 aliphatic rings. The molecule has 1 heterocycles. The van der Waals surface area contributed by atoms with Gasteiger partial charge in [0.25, 0.3) is 0 Å². The van der Waals surface area contributed by atoms with Gasteiger partial charge in [-0.25, -0.2) is 4.79 Å². The van der Waals surface area contributed by atoms with Crippen LogP contribution in [0.25, 0.3) is 0 Å². The molecule has 4 amide bonds. The minimum absolute atomic E-state index is 0.0524. The first-order valence-corrected chi connectivity index (χ1v) is 9.08. The van der Waals surface area contributed by atoms with Gasteiger partial charge in [0, 0.05) is 31.2 Å². The molecule has 1 atom stereocenters. The quantitative estimate of drug-likeness (QED) is 0.673. The number of amides is 4. The number of nitrogens with zero attached hydrogens (tertiary/aromatic N) is 1. The SMILES string of the molecule is Cc1ccc(N2CCCC(NC(=O)NCCNC(=O)C(C)C)C2=O)cc1. The summed E-state index contributed by atoms with van der Waals surface area (Å²) in [6.45, 7) is 6.95. The zero-order chi connectivity index (χ0) is 19.1. The number of aryl methyl sites for hydroxylation is 1. The van der Waals surface area contributed by atoms with E-state index in [1.807, 2.05) is 45.0 Å². The lowest BCUT2D eigenvalue weighted by atomic mass is 10.0. The first-order chi connectivity index (χ1) is 12.4. The number of carbonyl (C=O) groups excluding carboxylic acids is 3. The second-order valence-corrected chi connectivity index (χ2v) is 6.87. The maximum absolute atomic E-state index is 12.7. The van der Waals surface area contributed by atoms with E-state index in [9.17, 15) is 14.4 Å². The molecule has 2 rings (SSSR count). The summed E-state index contributed by atoms with van der Waals surface area (Å²) in [7, 11) is 0. The maximum atomic E-state index is 12.7. The van der Waals surface area contributed by atoms with Crippen molar-refractivity contribution in [2.75, 3.05) is 24.5 Å². The number of benzene rings is 1. The molecule has 142 valence electrons. The Kier molecular flexibility index (Phi) is 7.00. The topological polar surface area (TPSA) is 90.5 Å². The van der Waals surface area contributed by atoms with Crippen molar-refractivity contribution in [1.82, 2.24) is 16.0 Å². The van der Waals surface area contributed by atoms with E-state index >= 15 is 0 Å². The molecular weight excluding hydrogens is 332 g/mol. The summed E-state index contributed by atoms with van der Waals surface area (Å²) in [5, 5.41) is 8.13. The first kappa shape index (κ1) is 19.8. The number of carbonyl (C=O) groups is 3. The molecule has 1 fully saturated rings. The average molecular weight is 360 g/mol. The van der Waals surface area contributed by atoms with Crippen molar-refractivity contribution in [1.29, 1.82) is 0 Å². The van der Waals surface area contributed by atoms with Gasteiger partial charge in [0.1, 0.15) is 6.04 Å². The Morgan fingerprint density at radius 3 is 2.46 bits per heavy atom. The van der Waals surface area contributed by atoms with Gasteiger partial charge < -0.3 is 20.9 Å². The summed E-state index contributed by atoms with van der Waals surface area (Å²) in [6, 6.07) is 6.86. The molecule has 26 heavy (non-hydrogen) atoms. The minimum Gasteiger partial charge on any atom is -0.354 e. The van der Waals surface area contributed by atoms with Crippen LogP contribution in [0.15, 0.2) is 24.3 Å². The number of nitrogens with one attached hydrogen (secondary N) is 3. The van der Waals surface area contributed by atoms with Gasteiger partial charge in [-0.15, -0.1) is 0 Å². The highest BCUT2D eigenvalue weighted by Gasteiger charge is 2.30. The van der Waals surface area contributed by atoms with E-state index < -0.39 is 12.1 Å². The third-order valence-electron chi connectivity index (χ3n) is 4.32. The summed E-state index contributed by atoms with van der Waals surface area (Å²) in [6.07, 6.45) is 1.45. The van der Waals surface area contributed by atoms with Crippen molar-refractivity contribution in [2.24, 2.45) is 5.92 Å². The van der Waals surface area contributed by atoms with E-state index in [1.54, 1.807) is 4.90 Å². The van der Waals surface area contributed by atoms with Crippen molar-refractivity contribution in [2.45, 2.75) is 39.7 Å². The monoisotopic (exact) mass is 360 g/mol. The highest BCUT2D eigenvalue weighted by molar-refractivity contribution is 5.99. The second-order valence-electron chi connectivity index (χ2n) is 6.87. The number of anilines is 1. The number of rotatable bonds is 6. The largest absolute Gasteiger partial charge is 0.354 e. The van der Waals surface area contributed by atoms with Gasteiger partial charge in [-0.05, 0) is 31.9 Å². The molecule has 0 aliphatic carbocycles. The summed E-state index contributed by atoms with van der Waals surface area (Å²) < 4.78 is 0. The van der Waals surface area contributed by atoms with Crippen molar-refractivity contribution < 1.29 is 14.4 Å². The highest BCUT2D eigenvalue weighted by atomic mass is 16.2. The van der Waals surface area contributed by atoms with Gasteiger partial charge in [0.05, 0.1) is 0 Å². The van der Waals surface area contributed by atoms with Crippen molar-refractivity contribution in [3.63, 3.8) is 0 Å². The molecule has 0 spiro atoms. The fraction of sp³-hybridized carbons (Fsp3) is 0.526. The Morgan fingerprint density at radius 1 is 1.15 bits per heavy atom. The Bertz CT molecular complexity index is 643. The summed E-state index contributed by atoms with van der Waals surface area (Å²) in [5.74, 6) is -0.233. The fourth-order valence-electron chi connectivity index (χ4n) is 2.77. The zero-order valence-electron chi connectivity index (χ0n) is 15.7. The normalized spacial score (nSPS) is 17.2. The van der Waals surface area contributed by atoms with E-state index in [4.69, 9.17) is 0 Å². The van der Waals surface area contributed by atoms with Gasteiger partial charge in [-0.2, -0.15) is 0 Å². The molecule has 0 saturated carbocycles. The van der Waals surface area contributed by atoms with E-state index in [1.165, 1.54) is 0 Å². The molecule has 0 radical (unpaired) electrons. The highest BCUT2D eigenvalue weighted by Crippen LogP contribution is 2.21. The van der Waals surface area contributed by atoms with Crippen LogP contribution < -0.4 is 20.9 Å². The van der Waals surface area contributed by atoms with Crippen LogP contribution in [0.1, 0.15) is 32.3 Å². The zero-order valence-corrected chi connectivity index (χ0v) is 15.7. The van der Waals surface area contributed by atoms with Crippen LogP contribution >= 0.6 is 0 Å². The molecule has 0 aromatic heterocycles. The first-order valence-electron chi connectivity index (χ1n) is 9.08. The lowest BCUT2D eigenvalue weighted by Crippen LogP contribution is -2.55. The van der Waals surface area contributed by atoms with E-state index in [0.29, 0.717) is 26.1 Å². The maximum Gasteiger partial charge on any atom is 0.315 e. The Morgan fingerprint density at radius 2 is 1.81 bits per heavy atom. The predicted octanol–water partition coefficient (Wildman–Crippen LogP) is 1.56. The third kappa shape index (κ3) is 5.47. The van der Waals surface area contributed by atoms with Gasteiger partial charge in [-0.3, -0.25) is 9.59 Å². The van der Waals surface area contributed by atoms with Crippen LogP contribution in [0.3, 0.4) is 0 Å². The molecule has 1 unspecified atom stereocenters. The van der Waals surface area contributed by atoms with Crippen LogP contribution in [0.2, 0.25) is 0 Å². The van der Waals surface area contributed by atoms with Crippen molar-refractivity contribution >= 4 is 23.5 Å². The molecule has 1 aliphatic heterocycles. The Labute approximate surface area is 154 Å². The van der Waals surface area contributed by atoms with Crippen molar-refractivity contribution in [3.05, 3.63) is 29.8 Å². The minimum atomic E-state index is -0.532. The van der Waals surface area contributed by atoms with Gasteiger partial charge in [-0.1, -0.05) is 31.5 Å². The van der Waals surface area contributed by atoms with E-state index in [0.717, 1.165) is 17.7 Å². The second kappa shape index (κ2) is 9.22. The molecule has 3 N–H and O–H groups in total. The fourth-order valence-corrected chi connectivity index (χ4v) is 2.77. The van der Waals surface area contributed by atoms with Crippen LogP contribution in [-0.4, -0.2) is 43.5 Å². The molecule has 7 heteroatoms. The summed E-state index contributed by atoms with van der Waals surface area (Å²) >= 11 is 0. The number of piperidine rings is 1. The lowest BCUT2D eigenvalue weighted by Gasteiger charge is -2.32. The van der Waals surface area contributed by atoms with Crippen LogP contribution in [0.5, 0.6) is 0 Å². The van der Waals surface area contributed by atoms with E-state index in [-0.39, 0.29) is 17.7 Å². The number of hydrogen-bond donors (Lipinski definition) is 3. The van der Waals surface area contributed by atoms with Crippen LogP contribution in [0, 0.1) is 12.8 Å². The van der Waals surface area contributed by atoms with Gasteiger partial charge in [0.2, 0.25) is 11.8 Å². The molecule has 1 aromatic rings. The lowest BCUT2D eigenvalue weighted by molar-refractivity contribution is -0.124. The standard InChI is InChI=1S/C19H28N4O3/c1-13(2)17(24)20-10-11-21-19(26)22-16-5-4-12-23(18(16)25)15-8-6-14(3)7-9-15/h6-9,13,16H,4-5,10-12H2,1-3H3,(H,20,24)(H2,21,22,26). The third-order valence-corrected chi connectivity index (χ3v) is 4.32. The van der Waals surface area contributed by atoms with E-state index in [2.05, 4.69) is 16.0 Å². The van der Waals surface area contributed by atoms with Crippen LogP contribution in [0.4, 0.5) is 10.5 Å². The molecule has 7 nitrogen and oxygen atoms in total. The average Bonchev–Trinajstić information content (AvgIpc) is 2.61. The Balaban J connectivity index is 1.81. The smallest absolute Gasteiger partial charge is 0.315 e. The summed E-state index contributed by atoms with van der Waals surface area (Å²) in [5.41, 5.74) is 1.99. The number of urea groups is 1. The summed E-state index contributed by atoms with van der Waals surface area (Å²) in [4.78, 5) is 37.9. The Hall–Kier alpha value is -2.57. The molecule has 1 aromatic carbocycles. The number of hydrogen-bond acceptors (Lipinski definition) is 3. The van der Waals surface area contributed by atoms with Gasteiger partial charge in [0.15, 0.2) is 0 Å². The predicted molar refractivity (Wildman–Crippen MR) is 101 cm³/mol. The molecular formula is C19H28N4O3. The van der Waals surface area contributed by atoms with Crippen LogP contribution in [-0.2, 0) is 9.59 Å².